The van der Waals surface area contributed by atoms with Crippen LogP contribution in [0.3, 0.4) is 0 Å². The number of nitrogens with zero attached hydrogens (tertiary/aromatic N) is 1. The van der Waals surface area contributed by atoms with E-state index >= 15 is 4.39 Å². The molecule has 0 bridgehead atoms. The van der Waals surface area contributed by atoms with E-state index in [2.05, 4.69) is 5.32 Å². The van der Waals surface area contributed by atoms with Gasteiger partial charge in [-0.15, -0.1) is 0 Å². The Kier molecular flexibility index (Phi) is 13.7. The molecule has 3 aromatic carbocycles. The molecule has 1 saturated heterocycles. The summed E-state index contributed by atoms with van der Waals surface area (Å²) >= 11 is 0. The Morgan fingerprint density at radius 2 is 1.52 bits per heavy atom. The topological polar surface area (TPSA) is 139 Å². The van der Waals surface area contributed by atoms with Crippen LogP contribution < -0.4 is 19.5 Å². The molecular formula is C41H51FN2O10. The van der Waals surface area contributed by atoms with Gasteiger partial charge in [-0.05, 0) is 88.8 Å². The first-order valence-corrected chi connectivity index (χ1v) is 17.8. The molecule has 1 fully saturated rings. The highest BCUT2D eigenvalue weighted by atomic mass is 19.1. The van der Waals surface area contributed by atoms with Crippen LogP contribution in [0.1, 0.15) is 107 Å². The van der Waals surface area contributed by atoms with Gasteiger partial charge in [0.15, 0.2) is 12.6 Å². The zero-order valence-corrected chi connectivity index (χ0v) is 32.7. The molecular weight excluding hydrogens is 699 g/mol. The van der Waals surface area contributed by atoms with Crippen LogP contribution in [-0.4, -0.2) is 87.6 Å². The zero-order chi connectivity index (χ0) is 39.9. The van der Waals surface area contributed by atoms with Crippen LogP contribution in [0.2, 0.25) is 0 Å². The van der Waals surface area contributed by atoms with E-state index in [9.17, 15) is 19.2 Å². The molecule has 54 heavy (non-hydrogen) atoms. The van der Waals surface area contributed by atoms with Crippen LogP contribution in [0.25, 0.3) is 0 Å². The summed E-state index contributed by atoms with van der Waals surface area (Å²) in [5.74, 6) is -1.89. The van der Waals surface area contributed by atoms with Gasteiger partial charge in [0.2, 0.25) is 0 Å². The minimum Gasteiger partial charge on any atom is -0.496 e. The Hall–Kier alpha value is -5.17. The van der Waals surface area contributed by atoms with Gasteiger partial charge < -0.3 is 38.6 Å². The van der Waals surface area contributed by atoms with Crippen molar-refractivity contribution in [2.24, 2.45) is 0 Å². The normalized spacial score (nSPS) is 16.0. The maximum atomic E-state index is 15.8. The summed E-state index contributed by atoms with van der Waals surface area (Å²) in [7, 11) is 4.28. The van der Waals surface area contributed by atoms with Crippen LogP contribution in [0, 0.1) is 19.7 Å². The maximum absolute atomic E-state index is 15.8. The molecule has 4 rings (SSSR count). The third kappa shape index (κ3) is 9.87. The summed E-state index contributed by atoms with van der Waals surface area (Å²) in [4.78, 5) is 55.6. The van der Waals surface area contributed by atoms with E-state index in [1.54, 1.807) is 46.8 Å². The lowest BCUT2D eigenvalue weighted by Crippen LogP contribution is -2.51. The van der Waals surface area contributed by atoms with Gasteiger partial charge in [-0.25, -0.2) is 14.0 Å². The molecule has 0 radical (unpaired) electrons. The number of halogens is 1. The first-order valence-electron chi connectivity index (χ1n) is 17.8. The zero-order valence-electron chi connectivity index (χ0n) is 32.7. The van der Waals surface area contributed by atoms with E-state index in [0.717, 1.165) is 11.1 Å². The van der Waals surface area contributed by atoms with Crippen molar-refractivity contribution < 1.29 is 52.0 Å². The Balaban J connectivity index is 1.59. The van der Waals surface area contributed by atoms with E-state index in [1.165, 1.54) is 56.6 Å². The number of benzene rings is 3. The Morgan fingerprint density at radius 1 is 0.907 bits per heavy atom. The molecule has 12 nitrogen and oxygen atoms in total. The number of aryl methyl sites for hydroxylation is 2. The van der Waals surface area contributed by atoms with Gasteiger partial charge in [0.05, 0.1) is 25.8 Å². The fraction of sp³-hybridized carbons (Fsp3) is 0.463. The maximum Gasteiger partial charge on any atom is 0.410 e. The molecule has 3 aromatic rings. The Labute approximate surface area is 316 Å². The highest BCUT2D eigenvalue weighted by Crippen LogP contribution is 2.38. The summed E-state index contributed by atoms with van der Waals surface area (Å²) in [6.07, 6.45) is -0.572. The number of esters is 1. The predicted octanol–water partition coefficient (Wildman–Crippen LogP) is 7.15. The number of amides is 2. The fourth-order valence-electron chi connectivity index (χ4n) is 6.39. The van der Waals surface area contributed by atoms with E-state index < -0.39 is 47.3 Å². The number of hydrogen-bond donors (Lipinski definition) is 1. The van der Waals surface area contributed by atoms with Crippen LogP contribution >= 0.6 is 0 Å². The number of likely N-dealkylation sites (tertiary alicyclic amines) is 1. The number of carbonyl (C=O) groups is 4. The molecule has 2 atom stereocenters. The quantitative estimate of drug-likeness (QED) is 0.115. The lowest BCUT2D eigenvalue weighted by atomic mass is 9.93. The molecule has 1 aliphatic heterocycles. The molecule has 0 saturated carbocycles. The van der Waals surface area contributed by atoms with Crippen LogP contribution in [0.5, 0.6) is 17.2 Å². The number of nitrogens with one attached hydrogen (secondary N) is 1. The number of ketones is 1. The van der Waals surface area contributed by atoms with Crippen LogP contribution in [-0.2, 0) is 14.2 Å². The van der Waals surface area contributed by atoms with Gasteiger partial charge >= 0.3 is 12.1 Å². The summed E-state index contributed by atoms with van der Waals surface area (Å²) in [6, 6.07) is 9.73. The molecule has 1 heterocycles. The van der Waals surface area contributed by atoms with Gasteiger partial charge in [0.1, 0.15) is 40.3 Å². The first kappa shape index (κ1) is 41.6. The monoisotopic (exact) mass is 750 g/mol. The molecule has 0 aliphatic carbocycles. The molecule has 0 spiro atoms. The lowest BCUT2D eigenvalue weighted by Gasteiger charge is -2.30. The standard InChI is InChI=1S/C41H51FN2O10/c1-23(2)33-31(50-9)20-32(51-10)34(35(33)42)36(45)26-13-15-27(16-14-26)39(47)53-30-12-11-17-44(40(48)54-41(5,6)7)21-29(30)43-38(46)28-18-24(3)37(25(4)19-28)52-22-49-8/h13-16,18-20,23,29-30H,11-12,17,21-22H2,1-10H3,(H,43,46)/t29-,30-/m1/s1. The minimum atomic E-state index is -0.825. The molecule has 0 unspecified atom stereocenters. The number of carbonyl (C=O) groups excluding carboxylic acids is 4. The highest BCUT2D eigenvalue weighted by Gasteiger charge is 2.35. The van der Waals surface area contributed by atoms with Crippen molar-refractivity contribution >= 4 is 23.8 Å². The Bertz CT molecular complexity index is 1830. The summed E-state index contributed by atoms with van der Waals surface area (Å²) < 4.78 is 48.9. The average molecular weight is 751 g/mol. The number of rotatable bonds is 12. The van der Waals surface area contributed by atoms with Crippen LogP contribution in [0.4, 0.5) is 9.18 Å². The first-order chi connectivity index (χ1) is 25.5. The molecule has 2 amide bonds. The van der Waals surface area contributed by atoms with E-state index in [4.69, 9.17) is 28.4 Å². The largest absolute Gasteiger partial charge is 0.496 e. The van der Waals surface area contributed by atoms with Crippen molar-refractivity contribution in [1.29, 1.82) is 0 Å². The fourth-order valence-corrected chi connectivity index (χ4v) is 6.39. The highest BCUT2D eigenvalue weighted by molar-refractivity contribution is 6.11. The van der Waals surface area contributed by atoms with E-state index in [-0.39, 0.29) is 53.0 Å². The van der Waals surface area contributed by atoms with Gasteiger partial charge in [0, 0.05) is 43.0 Å². The second-order valence-corrected chi connectivity index (χ2v) is 14.5. The summed E-state index contributed by atoms with van der Waals surface area (Å²) in [6.45, 7) is 12.9. The van der Waals surface area contributed by atoms with Crippen molar-refractivity contribution in [3.63, 3.8) is 0 Å². The second kappa shape index (κ2) is 17.8. The van der Waals surface area contributed by atoms with Crippen molar-refractivity contribution in [2.75, 3.05) is 41.2 Å². The van der Waals surface area contributed by atoms with E-state index in [0.29, 0.717) is 30.7 Å². The third-order valence-electron chi connectivity index (χ3n) is 8.91. The summed E-state index contributed by atoms with van der Waals surface area (Å²) in [5.41, 5.74) is 1.33. The van der Waals surface area contributed by atoms with Gasteiger partial charge in [-0.1, -0.05) is 26.0 Å². The molecule has 0 aromatic heterocycles. The van der Waals surface area contributed by atoms with Gasteiger partial charge in [0.25, 0.3) is 5.91 Å². The summed E-state index contributed by atoms with van der Waals surface area (Å²) in [5, 5.41) is 2.99. The third-order valence-corrected chi connectivity index (χ3v) is 8.91. The van der Waals surface area contributed by atoms with Gasteiger partial charge in [-0.3, -0.25) is 9.59 Å². The lowest BCUT2D eigenvalue weighted by molar-refractivity contribution is 0.0127. The SMILES string of the molecule is COCOc1c(C)cc(C(=O)N[C@@H]2CN(C(=O)OC(C)(C)C)CCC[C@H]2OC(=O)c2ccc(C(=O)c3c(OC)cc(OC)c(C(C)C)c3F)cc2)cc1C. The van der Waals surface area contributed by atoms with Gasteiger partial charge in [-0.2, -0.15) is 0 Å². The smallest absolute Gasteiger partial charge is 0.410 e. The molecule has 1 aliphatic rings. The molecule has 1 N–H and O–H groups in total. The number of methoxy groups -OCH3 is 3. The predicted molar refractivity (Wildman–Crippen MR) is 199 cm³/mol. The molecule has 13 heteroatoms. The number of ether oxygens (including phenoxy) is 6. The van der Waals surface area contributed by atoms with Crippen molar-refractivity contribution in [1.82, 2.24) is 10.2 Å². The van der Waals surface area contributed by atoms with E-state index in [1.807, 2.05) is 13.8 Å². The Morgan fingerprint density at radius 3 is 2.07 bits per heavy atom. The van der Waals surface area contributed by atoms with Crippen molar-refractivity contribution in [3.8, 4) is 17.2 Å². The van der Waals surface area contributed by atoms with Crippen molar-refractivity contribution in [3.05, 3.63) is 87.2 Å². The minimum absolute atomic E-state index is 0.0183. The van der Waals surface area contributed by atoms with Crippen LogP contribution in [0.15, 0.2) is 42.5 Å². The number of hydrogen-bond acceptors (Lipinski definition) is 10. The van der Waals surface area contributed by atoms with Crippen molar-refractivity contribution in [2.45, 2.75) is 85.0 Å². The molecule has 292 valence electrons. The average Bonchev–Trinajstić information content (AvgIpc) is 3.31. The second-order valence-electron chi connectivity index (χ2n) is 14.5.